The molecule has 17 heavy (non-hydrogen) atoms. The van der Waals surface area contributed by atoms with Crippen LogP contribution in [0.2, 0.25) is 0 Å². The van der Waals surface area contributed by atoms with Crippen molar-refractivity contribution in [3.05, 3.63) is 35.6 Å². The molecule has 3 heteroatoms. The Labute approximate surface area is 101 Å². The van der Waals surface area contributed by atoms with Crippen molar-refractivity contribution < 1.29 is 14.2 Å². The molecule has 0 spiro atoms. The van der Waals surface area contributed by atoms with Gasteiger partial charge in [0.1, 0.15) is 5.82 Å². The average Bonchev–Trinajstić information content (AvgIpc) is 2.37. The lowest BCUT2D eigenvalue weighted by Crippen LogP contribution is -2.23. The van der Waals surface area contributed by atoms with E-state index in [2.05, 4.69) is 0 Å². The third kappa shape index (κ3) is 3.27. The fourth-order valence-electron chi connectivity index (χ4n) is 2.67. The molecule has 1 aromatic carbocycles. The number of hydrogen-bond acceptors (Lipinski definition) is 2. The predicted octanol–water partition coefficient (Wildman–Crippen LogP) is 2.72. The number of aliphatic hydroxyl groups is 1. The summed E-state index contributed by atoms with van der Waals surface area (Å²) in [6, 6.07) is 6.76. The van der Waals surface area contributed by atoms with Crippen LogP contribution in [0.5, 0.6) is 0 Å². The van der Waals surface area contributed by atoms with Gasteiger partial charge in [0, 0.05) is 19.8 Å². The third-order valence-corrected chi connectivity index (χ3v) is 3.55. The molecule has 1 heterocycles. The maximum atomic E-state index is 13.2. The van der Waals surface area contributed by atoms with Crippen molar-refractivity contribution in [2.75, 3.05) is 19.8 Å². The summed E-state index contributed by atoms with van der Waals surface area (Å²) in [4.78, 5) is 0. The fourth-order valence-corrected chi connectivity index (χ4v) is 2.67. The smallest absolute Gasteiger partial charge is 0.123 e. The summed E-state index contributed by atoms with van der Waals surface area (Å²) in [5.41, 5.74) is 1.01. The van der Waals surface area contributed by atoms with Gasteiger partial charge < -0.3 is 9.84 Å². The Bertz CT molecular complexity index is 348. The molecule has 0 aromatic heterocycles. The normalized spacial score (nSPS) is 19.2. The van der Waals surface area contributed by atoms with Gasteiger partial charge in [-0.1, -0.05) is 12.1 Å². The standard InChI is InChI=1S/C14H19FO2/c15-13-3-1-2-12(10-13)14(4-7-16)11-5-8-17-9-6-11/h1-3,10-11,14,16H,4-9H2. The summed E-state index contributed by atoms with van der Waals surface area (Å²) in [6.45, 7) is 1.71. The third-order valence-electron chi connectivity index (χ3n) is 3.55. The molecule has 1 N–H and O–H groups in total. The second kappa shape index (κ2) is 6.12. The second-order valence-corrected chi connectivity index (χ2v) is 4.62. The Balaban J connectivity index is 2.15. The van der Waals surface area contributed by atoms with Crippen molar-refractivity contribution in [2.24, 2.45) is 5.92 Å². The molecule has 1 saturated heterocycles. The van der Waals surface area contributed by atoms with Crippen molar-refractivity contribution in [3.8, 4) is 0 Å². The van der Waals surface area contributed by atoms with E-state index in [0.29, 0.717) is 12.3 Å². The van der Waals surface area contributed by atoms with E-state index in [1.165, 1.54) is 6.07 Å². The van der Waals surface area contributed by atoms with Crippen LogP contribution in [-0.4, -0.2) is 24.9 Å². The minimum atomic E-state index is -0.197. The molecule has 0 amide bonds. The van der Waals surface area contributed by atoms with Crippen LogP contribution in [0, 0.1) is 11.7 Å². The van der Waals surface area contributed by atoms with E-state index >= 15 is 0 Å². The number of aliphatic hydroxyl groups excluding tert-OH is 1. The summed E-state index contributed by atoms with van der Waals surface area (Å²) in [6.07, 6.45) is 2.70. The molecule has 0 saturated carbocycles. The average molecular weight is 238 g/mol. The first-order valence-electron chi connectivity index (χ1n) is 6.25. The predicted molar refractivity (Wildman–Crippen MR) is 64.4 cm³/mol. The molecule has 0 radical (unpaired) electrons. The zero-order valence-corrected chi connectivity index (χ0v) is 9.94. The largest absolute Gasteiger partial charge is 0.396 e. The molecule has 1 unspecified atom stereocenters. The molecule has 0 bridgehead atoms. The summed E-state index contributed by atoms with van der Waals surface area (Å²) in [7, 11) is 0. The van der Waals surface area contributed by atoms with E-state index in [0.717, 1.165) is 31.6 Å². The molecule has 94 valence electrons. The van der Waals surface area contributed by atoms with E-state index in [4.69, 9.17) is 4.74 Å². The highest BCUT2D eigenvalue weighted by Crippen LogP contribution is 2.34. The summed E-state index contributed by atoms with van der Waals surface area (Å²) in [5, 5.41) is 9.17. The number of ether oxygens (including phenoxy) is 1. The molecule has 0 aliphatic carbocycles. The van der Waals surface area contributed by atoms with E-state index in [-0.39, 0.29) is 18.3 Å². The zero-order chi connectivity index (χ0) is 12.1. The first kappa shape index (κ1) is 12.5. The Kier molecular flexibility index (Phi) is 4.51. The summed E-state index contributed by atoms with van der Waals surface area (Å²) >= 11 is 0. The number of halogens is 1. The van der Waals surface area contributed by atoms with Gasteiger partial charge in [-0.15, -0.1) is 0 Å². The van der Waals surface area contributed by atoms with Gasteiger partial charge in [-0.25, -0.2) is 4.39 Å². The van der Waals surface area contributed by atoms with Gasteiger partial charge >= 0.3 is 0 Å². The van der Waals surface area contributed by atoms with Crippen LogP contribution in [0.4, 0.5) is 4.39 Å². The highest BCUT2D eigenvalue weighted by Gasteiger charge is 2.25. The van der Waals surface area contributed by atoms with Gasteiger partial charge in [-0.3, -0.25) is 0 Å². The first-order valence-corrected chi connectivity index (χ1v) is 6.25. The lowest BCUT2D eigenvalue weighted by molar-refractivity contribution is 0.0544. The van der Waals surface area contributed by atoms with Gasteiger partial charge in [-0.05, 0) is 48.8 Å². The van der Waals surface area contributed by atoms with E-state index in [1.54, 1.807) is 12.1 Å². The second-order valence-electron chi connectivity index (χ2n) is 4.62. The SMILES string of the molecule is OCCC(c1cccc(F)c1)C1CCOCC1. The molecule has 1 aliphatic heterocycles. The maximum Gasteiger partial charge on any atom is 0.123 e. The quantitative estimate of drug-likeness (QED) is 0.874. The van der Waals surface area contributed by atoms with Crippen LogP contribution < -0.4 is 0 Å². The zero-order valence-electron chi connectivity index (χ0n) is 9.94. The lowest BCUT2D eigenvalue weighted by Gasteiger charge is -2.30. The van der Waals surface area contributed by atoms with Crippen molar-refractivity contribution in [2.45, 2.75) is 25.2 Å². The first-order chi connectivity index (χ1) is 8.31. The number of hydrogen-bond donors (Lipinski definition) is 1. The van der Waals surface area contributed by atoms with E-state index < -0.39 is 0 Å². The van der Waals surface area contributed by atoms with Gasteiger partial charge in [0.15, 0.2) is 0 Å². The molecule has 1 aromatic rings. The van der Waals surface area contributed by atoms with Crippen LogP contribution in [0.15, 0.2) is 24.3 Å². The van der Waals surface area contributed by atoms with Crippen molar-refractivity contribution in [3.63, 3.8) is 0 Å². The summed E-state index contributed by atoms with van der Waals surface area (Å²) in [5.74, 6) is 0.551. The lowest BCUT2D eigenvalue weighted by atomic mass is 9.79. The number of rotatable bonds is 4. The van der Waals surface area contributed by atoms with Crippen LogP contribution in [0.1, 0.15) is 30.7 Å². The number of benzene rings is 1. The molecular weight excluding hydrogens is 219 g/mol. The Hall–Kier alpha value is -0.930. The van der Waals surface area contributed by atoms with Crippen molar-refractivity contribution in [1.29, 1.82) is 0 Å². The Morgan fingerprint density at radius 3 is 2.76 bits per heavy atom. The van der Waals surface area contributed by atoms with Gasteiger partial charge in [0.2, 0.25) is 0 Å². The van der Waals surface area contributed by atoms with Gasteiger partial charge in [-0.2, -0.15) is 0 Å². The molecular formula is C14H19FO2. The fraction of sp³-hybridized carbons (Fsp3) is 0.571. The van der Waals surface area contributed by atoms with Crippen LogP contribution in [0.3, 0.4) is 0 Å². The van der Waals surface area contributed by atoms with Crippen LogP contribution >= 0.6 is 0 Å². The van der Waals surface area contributed by atoms with Crippen molar-refractivity contribution >= 4 is 0 Å². The molecule has 1 aliphatic rings. The molecule has 2 nitrogen and oxygen atoms in total. The van der Waals surface area contributed by atoms with Gasteiger partial charge in [0.25, 0.3) is 0 Å². The minimum absolute atomic E-state index is 0.151. The maximum absolute atomic E-state index is 13.2. The van der Waals surface area contributed by atoms with Crippen LogP contribution in [0.25, 0.3) is 0 Å². The Morgan fingerprint density at radius 1 is 1.35 bits per heavy atom. The molecule has 1 fully saturated rings. The van der Waals surface area contributed by atoms with E-state index in [1.807, 2.05) is 6.07 Å². The van der Waals surface area contributed by atoms with E-state index in [9.17, 15) is 9.50 Å². The van der Waals surface area contributed by atoms with Crippen molar-refractivity contribution in [1.82, 2.24) is 0 Å². The summed E-state index contributed by atoms with van der Waals surface area (Å²) < 4.78 is 18.6. The highest BCUT2D eigenvalue weighted by atomic mass is 19.1. The van der Waals surface area contributed by atoms with Crippen LogP contribution in [-0.2, 0) is 4.74 Å². The monoisotopic (exact) mass is 238 g/mol. The topological polar surface area (TPSA) is 29.5 Å². The van der Waals surface area contributed by atoms with Gasteiger partial charge in [0.05, 0.1) is 0 Å². The molecule has 2 rings (SSSR count). The Morgan fingerprint density at radius 2 is 2.12 bits per heavy atom. The minimum Gasteiger partial charge on any atom is -0.396 e. The molecule has 1 atom stereocenters. The highest BCUT2D eigenvalue weighted by molar-refractivity contribution is 5.21.